The SMILES string of the molecule is COc1ccc(C(O)CC2CN(C)CCN2C)cc1. The van der Waals surface area contributed by atoms with Gasteiger partial charge in [-0.3, -0.25) is 0 Å². The van der Waals surface area contributed by atoms with Gasteiger partial charge in [0.15, 0.2) is 0 Å². The van der Waals surface area contributed by atoms with E-state index >= 15 is 0 Å². The Labute approximate surface area is 115 Å². The molecule has 0 radical (unpaired) electrons. The number of hydrogen-bond acceptors (Lipinski definition) is 4. The van der Waals surface area contributed by atoms with Crippen LogP contribution >= 0.6 is 0 Å². The molecule has 1 fully saturated rings. The zero-order chi connectivity index (χ0) is 13.8. The normalized spacial score (nSPS) is 23.3. The Hall–Kier alpha value is -1.10. The smallest absolute Gasteiger partial charge is 0.118 e. The summed E-state index contributed by atoms with van der Waals surface area (Å²) >= 11 is 0. The van der Waals surface area contributed by atoms with Crippen LogP contribution in [-0.4, -0.2) is 61.8 Å². The summed E-state index contributed by atoms with van der Waals surface area (Å²) in [7, 11) is 5.93. The second-order valence-electron chi connectivity index (χ2n) is 5.42. The van der Waals surface area contributed by atoms with Crippen LogP contribution in [0.1, 0.15) is 18.1 Å². The zero-order valence-corrected chi connectivity index (χ0v) is 12.0. The number of aliphatic hydroxyl groups is 1. The minimum absolute atomic E-state index is 0.412. The van der Waals surface area contributed by atoms with Crippen molar-refractivity contribution in [3.05, 3.63) is 29.8 Å². The van der Waals surface area contributed by atoms with Gasteiger partial charge in [-0.1, -0.05) is 12.1 Å². The van der Waals surface area contributed by atoms with Crippen molar-refractivity contribution in [3.63, 3.8) is 0 Å². The summed E-state index contributed by atoms with van der Waals surface area (Å²) in [5, 5.41) is 10.4. The molecule has 1 saturated heterocycles. The summed E-state index contributed by atoms with van der Waals surface area (Å²) in [6.07, 6.45) is 0.359. The van der Waals surface area contributed by atoms with E-state index in [1.54, 1.807) is 7.11 Å². The van der Waals surface area contributed by atoms with Gasteiger partial charge in [-0.25, -0.2) is 0 Å². The monoisotopic (exact) mass is 264 g/mol. The molecule has 1 aliphatic rings. The molecule has 1 heterocycles. The molecule has 0 amide bonds. The number of piperazine rings is 1. The third kappa shape index (κ3) is 3.69. The molecular weight excluding hydrogens is 240 g/mol. The van der Waals surface area contributed by atoms with Gasteiger partial charge < -0.3 is 19.6 Å². The molecule has 4 nitrogen and oxygen atoms in total. The van der Waals surface area contributed by atoms with Crippen LogP contribution in [0.4, 0.5) is 0 Å². The molecule has 106 valence electrons. The summed E-state index contributed by atoms with van der Waals surface area (Å²) in [6, 6.07) is 8.09. The highest BCUT2D eigenvalue weighted by Crippen LogP contribution is 2.24. The third-order valence-corrected chi connectivity index (χ3v) is 3.98. The van der Waals surface area contributed by atoms with Gasteiger partial charge in [0.1, 0.15) is 5.75 Å². The second-order valence-corrected chi connectivity index (χ2v) is 5.42. The molecular formula is C15H24N2O2. The van der Waals surface area contributed by atoms with E-state index in [1.807, 2.05) is 24.3 Å². The van der Waals surface area contributed by atoms with E-state index in [1.165, 1.54) is 0 Å². The van der Waals surface area contributed by atoms with Gasteiger partial charge >= 0.3 is 0 Å². The van der Waals surface area contributed by atoms with Gasteiger partial charge in [-0.05, 0) is 38.2 Å². The van der Waals surface area contributed by atoms with E-state index in [2.05, 4.69) is 23.9 Å². The molecule has 2 atom stereocenters. The molecule has 2 rings (SSSR count). The maximum absolute atomic E-state index is 10.4. The van der Waals surface area contributed by atoms with E-state index < -0.39 is 6.10 Å². The highest BCUT2D eigenvalue weighted by Gasteiger charge is 2.25. The Bertz CT molecular complexity index is 394. The first-order chi connectivity index (χ1) is 9.10. The number of nitrogens with zero attached hydrogens (tertiary/aromatic N) is 2. The Morgan fingerprint density at radius 1 is 1.26 bits per heavy atom. The molecule has 1 aliphatic heterocycles. The predicted molar refractivity (Wildman–Crippen MR) is 76.5 cm³/mol. The second kappa shape index (κ2) is 6.37. The average molecular weight is 264 g/mol. The first kappa shape index (κ1) is 14.3. The number of rotatable bonds is 4. The number of hydrogen-bond donors (Lipinski definition) is 1. The molecule has 0 spiro atoms. The number of aliphatic hydroxyl groups excluding tert-OH is 1. The van der Waals surface area contributed by atoms with Gasteiger partial charge in [0.2, 0.25) is 0 Å². The lowest BCUT2D eigenvalue weighted by molar-refractivity contribution is 0.0635. The van der Waals surface area contributed by atoms with Crippen molar-refractivity contribution >= 4 is 0 Å². The van der Waals surface area contributed by atoms with Crippen molar-refractivity contribution in [2.75, 3.05) is 40.8 Å². The maximum atomic E-state index is 10.4. The van der Waals surface area contributed by atoms with Gasteiger partial charge in [0.05, 0.1) is 13.2 Å². The van der Waals surface area contributed by atoms with Crippen LogP contribution in [0.3, 0.4) is 0 Å². The van der Waals surface area contributed by atoms with Crippen LogP contribution in [0.25, 0.3) is 0 Å². The molecule has 1 aromatic rings. The Balaban J connectivity index is 1.97. The van der Waals surface area contributed by atoms with Gasteiger partial charge in [-0.2, -0.15) is 0 Å². The largest absolute Gasteiger partial charge is 0.497 e. The lowest BCUT2D eigenvalue weighted by Gasteiger charge is -2.38. The zero-order valence-electron chi connectivity index (χ0n) is 12.0. The quantitative estimate of drug-likeness (QED) is 0.891. The van der Waals surface area contributed by atoms with Crippen LogP contribution in [0.15, 0.2) is 24.3 Å². The average Bonchev–Trinajstić information content (AvgIpc) is 2.43. The fraction of sp³-hybridized carbons (Fsp3) is 0.600. The van der Waals surface area contributed by atoms with Gasteiger partial charge in [0, 0.05) is 25.7 Å². The van der Waals surface area contributed by atoms with Crippen LogP contribution < -0.4 is 4.74 Å². The summed E-state index contributed by atoms with van der Waals surface area (Å²) in [5.41, 5.74) is 0.961. The minimum atomic E-state index is -0.412. The summed E-state index contributed by atoms with van der Waals surface area (Å²) < 4.78 is 5.13. The predicted octanol–water partition coefficient (Wildman–Crippen LogP) is 1.36. The first-order valence-electron chi connectivity index (χ1n) is 6.81. The Kier molecular flexibility index (Phi) is 4.80. The van der Waals surface area contributed by atoms with Crippen molar-refractivity contribution in [2.45, 2.75) is 18.6 Å². The molecule has 4 heteroatoms. The van der Waals surface area contributed by atoms with Crippen LogP contribution in [-0.2, 0) is 0 Å². The fourth-order valence-electron chi connectivity index (χ4n) is 2.58. The number of benzene rings is 1. The Morgan fingerprint density at radius 3 is 2.58 bits per heavy atom. The van der Waals surface area contributed by atoms with Crippen LogP contribution in [0, 0.1) is 0 Å². The van der Waals surface area contributed by atoms with Crippen molar-refractivity contribution < 1.29 is 9.84 Å². The van der Waals surface area contributed by atoms with Crippen molar-refractivity contribution in [3.8, 4) is 5.75 Å². The lowest BCUT2D eigenvalue weighted by Crippen LogP contribution is -2.50. The molecule has 0 saturated carbocycles. The van der Waals surface area contributed by atoms with E-state index in [0.29, 0.717) is 6.04 Å². The van der Waals surface area contributed by atoms with E-state index in [0.717, 1.165) is 37.4 Å². The van der Waals surface area contributed by atoms with Crippen molar-refractivity contribution in [2.24, 2.45) is 0 Å². The molecule has 0 bridgehead atoms. The first-order valence-corrected chi connectivity index (χ1v) is 6.81. The molecule has 1 N–H and O–H groups in total. The van der Waals surface area contributed by atoms with Crippen LogP contribution in [0.2, 0.25) is 0 Å². The van der Waals surface area contributed by atoms with Crippen molar-refractivity contribution in [1.82, 2.24) is 9.80 Å². The minimum Gasteiger partial charge on any atom is -0.497 e. The van der Waals surface area contributed by atoms with Crippen molar-refractivity contribution in [1.29, 1.82) is 0 Å². The van der Waals surface area contributed by atoms with Gasteiger partial charge in [-0.15, -0.1) is 0 Å². The Morgan fingerprint density at radius 2 is 1.95 bits per heavy atom. The van der Waals surface area contributed by atoms with E-state index in [4.69, 9.17) is 4.74 Å². The summed E-state index contributed by atoms with van der Waals surface area (Å²) in [6.45, 7) is 3.19. The lowest BCUT2D eigenvalue weighted by atomic mass is 9.99. The summed E-state index contributed by atoms with van der Waals surface area (Å²) in [5.74, 6) is 0.825. The number of methoxy groups -OCH3 is 1. The standard InChI is InChI=1S/C15H24N2O2/c1-16-8-9-17(2)13(11-16)10-15(18)12-4-6-14(19-3)7-5-12/h4-7,13,15,18H,8-11H2,1-3H3. The van der Waals surface area contributed by atoms with Gasteiger partial charge in [0.25, 0.3) is 0 Å². The van der Waals surface area contributed by atoms with Crippen LogP contribution in [0.5, 0.6) is 5.75 Å². The highest BCUT2D eigenvalue weighted by molar-refractivity contribution is 5.28. The molecule has 2 unspecified atom stereocenters. The maximum Gasteiger partial charge on any atom is 0.118 e. The van der Waals surface area contributed by atoms with E-state index in [9.17, 15) is 5.11 Å². The molecule has 0 aromatic heterocycles. The van der Waals surface area contributed by atoms with E-state index in [-0.39, 0.29) is 0 Å². The number of likely N-dealkylation sites (N-methyl/N-ethyl adjacent to an activating group) is 2. The fourth-order valence-corrected chi connectivity index (χ4v) is 2.58. The molecule has 1 aromatic carbocycles. The third-order valence-electron chi connectivity index (χ3n) is 3.98. The molecule has 19 heavy (non-hydrogen) atoms. The topological polar surface area (TPSA) is 35.9 Å². The highest BCUT2D eigenvalue weighted by atomic mass is 16.5. The number of ether oxygens (including phenoxy) is 1. The summed E-state index contributed by atoms with van der Waals surface area (Å²) in [4.78, 5) is 4.66. The molecule has 0 aliphatic carbocycles.